The summed E-state index contributed by atoms with van der Waals surface area (Å²) in [4.78, 5) is 27.2. The zero-order valence-electron chi connectivity index (χ0n) is 16.7. The predicted molar refractivity (Wildman–Crippen MR) is 107 cm³/mol. The number of rotatable bonds is 6. The van der Waals surface area contributed by atoms with Crippen LogP contribution in [0.3, 0.4) is 0 Å². The first-order valence-corrected chi connectivity index (χ1v) is 9.93. The molecule has 2 unspecified atom stereocenters. The first kappa shape index (κ1) is 21.0. The van der Waals surface area contributed by atoms with Crippen molar-refractivity contribution in [2.45, 2.75) is 26.2 Å². The average Bonchev–Trinajstić information content (AvgIpc) is 3.13. The largest absolute Gasteiger partial charge is 0.356 e. The number of nitrogens with one attached hydrogen (secondary N) is 1. The summed E-state index contributed by atoms with van der Waals surface area (Å²) < 4.78 is 27.9. The summed E-state index contributed by atoms with van der Waals surface area (Å²) in [5.41, 5.74) is 0.643. The highest BCUT2D eigenvalue weighted by Crippen LogP contribution is 2.34. The third-order valence-corrected chi connectivity index (χ3v) is 5.35. The fraction of sp³-hybridized carbons (Fsp3) is 0.391. The molecule has 1 N–H and O–H groups in total. The second-order valence-electron chi connectivity index (χ2n) is 7.93. The molecule has 29 heavy (non-hydrogen) atoms. The number of likely N-dealkylation sites (tertiary alicyclic amines) is 1. The third-order valence-electron chi connectivity index (χ3n) is 5.35. The van der Waals surface area contributed by atoms with E-state index in [9.17, 15) is 18.4 Å². The summed E-state index contributed by atoms with van der Waals surface area (Å²) in [6.45, 7) is 5.10. The summed E-state index contributed by atoms with van der Waals surface area (Å²) in [7, 11) is 0. The maximum absolute atomic E-state index is 14.1. The molecule has 0 saturated carbocycles. The molecule has 1 aliphatic heterocycles. The van der Waals surface area contributed by atoms with Gasteiger partial charge in [0.15, 0.2) is 0 Å². The summed E-state index contributed by atoms with van der Waals surface area (Å²) in [6, 6.07) is 11.9. The summed E-state index contributed by atoms with van der Waals surface area (Å²) >= 11 is 0. The first-order chi connectivity index (χ1) is 13.9. The Labute approximate surface area is 169 Å². The Morgan fingerprint density at radius 1 is 1.10 bits per heavy atom. The molecule has 0 aromatic heterocycles. The van der Waals surface area contributed by atoms with Crippen molar-refractivity contribution < 1.29 is 18.4 Å². The Kier molecular flexibility index (Phi) is 6.62. The van der Waals surface area contributed by atoms with Gasteiger partial charge in [0.2, 0.25) is 5.91 Å². The average molecular weight is 400 g/mol. The van der Waals surface area contributed by atoms with E-state index in [2.05, 4.69) is 19.2 Å². The van der Waals surface area contributed by atoms with Gasteiger partial charge in [0.25, 0.3) is 5.91 Å². The van der Waals surface area contributed by atoms with Crippen molar-refractivity contribution >= 4 is 11.8 Å². The van der Waals surface area contributed by atoms with Crippen LogP contribution in [0.5, 0.6) is 0 Å². The molecule has 2 aromatic carbocycles. The highest BCUT2D eigenvalue weighted by Gasteiger charge is 2.41. The zero-order valence-corrected chi connectivity index (χ0v) is 16.7. The van der Waals surface area contributed by atoms with Crippen LogP contribution in [0.2, 0.25) is 0 Å². The van der Waals surface area contributed by atoms with Crippen molar-refractivity contribution in [2.24, 2.45) is 11.8 Å². The van der Waals surface area contributed by atoms with Gasteiger partial charge in [0.05, 0.1) is 11.5 Å². The number of nitrogens with zero attached hydrogens (tertiary/aromatic N) is 1. The smallest absolute Gasteiger partial charge is 0.256 e. The van der Waals surface area contributed by atoms with Gasteiger partial charge in [-0.05, 0) is 42.2 Å². The number of carbonyl (C=O) groups excluding carboxylic acids is 2. The van der Waals surface area contributed by atoms with Crippen molar-refractivity contribution in [2.75, 3.05) is 19.6 Å². The molecule has 4 nitrogen and oxygen atoms in total. The standard InChI is InChI=1S/C23H26F2N2O2/c1-15(2)10-11-26-22(28)20-14-27(23(29)18-8-3-4-9-21(18)25)13-19(20)16-6-5-7-17(24)12-16/h3-9,12,15,19-20H,10-11,13-14H2,1-2H3,(H,26,28). The van der Waals surface area contributed by atoms with Crippen molar-refractivity contribution in [3.63, 3.8) is 0 Å². The van der Waals surface area contributed by atoms with Gasteiger partial charge in [-0.3, -0.25) is 9.59 Å². The Bertz CT molecular complexity index is 885. The lowest BCUT2D eigenvalue weighted by Crippen LogP contribution is -2.36. The van der Waals surface area contributed by atoms with Gasteiger partial charge in [-0.15, -0.1) is 0 Å². The lowest BCUT2D eigenvalue weighted by atomic mass is 9.88. The van der Waals surface area contributed by atoms with Crippen molar-refractivity contribution in [1.29, 1.82) is 0 Å². The van der Waals surface area contributed by atoms with Crippen LogP contribution < -0.4 is 5.32 Å². The van der Waals surface area contributed by atoms with Gasteiger partial charge in [0, 0.05) is 25.6 Å². The quantitative estimate of drug-likeness (QED) is 0.797. The Morgan fingerprint density at radius 3 is 2.55 bits per heavy atom. The number of hydrogen-bond donors (Lipinski definition) is 1. The maximum Gasteiger partial charge on any atom is 0.256 e. The fourth-order valence-electron chi connectivity index (χ4n) is 3.73. The van der Waals surface area contributed by atoms with Crippen LogP contribution in [0.4, 0.5) is 8.78 Å². The topological polar surface area (TPSA) is 49.4 Å². The van der Waals surface area contributed by atoms with Crippen LogP contribution in [0.25, 0.3) is 0 Å². The van der Waals surface area contributed by atoms with E-state index >= 15 is 0 Å². The molecule has 0 aliphatic carbocycles. The highest BCUT2D eigenvalue weighted by atomic mass is 19.1. The minimum Gasteiger partial charge on any atom is -0.356 e. The zero-order chi connectivity index (χ0) is 21.0. The van der Waals surface area contributed by atoms with E-state index < -0.39 is 17.6 Å². The molecular formula is C23H26F2N2O2. The summed E-state index contributed by atoms with van der Waals surface area (Å²) in [5.74, 6) is -2.01. The molecule has 6 heteroatoms. The van der Waals surface area contributed by atoms with E-state index in [1.165, 1.54) is 35.2 Å². The molecule has 1 saturated heterocycles. The fourth-order valence-corrected chi connectivity index (χ4v) is 3.73. The number of carbonyl (C=O) groups is 2. The molecule has 0 spiro atoms. The Morgan fingerprint density at radius 2 is 1.86 bits per heavy atom. The summed E-state index contributed by atoms with van der Waals surface area (Å²) in [6.07, 6.45) is 0.848. The lowest BCUT2D eigenvalue weighted by Gasteiger charge is -2.18. The second-order valence-corrected chi connectivity index (χ2v) is 7.93. The van der Waals surface area contributed by atoms with Crippen LogP contribution in [-0.2, 0) is 4.79 Å². The second kappa shape index (κ2) is 9.16. The van der Waals surface area contributed by atoms with Crippen LogP contribution in [0.15, 0.2) is 48.5 Å². The van der Waals surface area contributed by atoms with E-state index in [4.69, 9.17) is 0 Å². The molecule has 2 atom stereocenters. The van der Waals surface area contributed by atoms with E-state index in [-0.39, 0.29) is 36.3 Å². The van der Waals surface area contributed by atoms with Gasteiger partial charge >= 0.3 is 0 Å². The minimum absolute atomic E-state index is 0.0219. The highest BCUT2D eigenvalue weighted by molar-refractivity contribution is 5.95. The Balaban J connectivity index is 1.82. The van der Waals surface area contributed by atoms with Gasteiger partial charge in [0.1, 0.15) is 11.6 Å². The lowest BCUT2D eigenvalue weighted by molar-refractivity contribution is -0.124. The normalized spacial score (nSPS) is 18.9. The van der Waals surface area contributed by atoms with E-state index in [0.717, 1.165) is 6.42 Å². The van der Waals surface area contributed by atoms with E-state index in [1.54, 1.807) is 18.2 Å². The SMILES string of the molecule is CC(C)CCNC(=O)C1CN(C(=O)c2ccccc2F)CC1c1cccc(F)c1. The number of benzene rings is 2. The van der Waals surface area contributed by atoms with Gasteiger partial charge in [-0.2, -0.15) is 0 Å². The van der Waals surface area contributed by atoms with E-state index in [0.29, 0.717) is 18.0 Å². The number of hydrogen-bond acceptors (Lipinski definition) is 2. The van der Waals surface area contributed by atoms with Crippen LogP contribution >= 0.6 is 0 Å². The molecule has 1 heterocycles. The van der Waals surface area contributed by atoms with Crippen LogP contribution in [0.1, 0.15) is 42.1 Å². The van der Waals surface area contributed by atoms with Gasteiger partial charge in [-0.1, -0.05) is 38.1 Å². The third kappa shape index (κ3) is 5.00. The Hall–Kier alpha value is -2.76. The van der Waals surface area contributed by atoms with E-state index in [1.807, 2.05) is 0 Å². The minimum atomic E-state index is -0.593. The molecule has 3 rings (SSSR count). The predicted octanol–water partition coefficient (Wildman–Crippen LogP) is 3.98. The molecule has 0 radical (unpaired) electrons. The molecule has 154 valence electrons. The van der Waals surface area contributed by atoms with Crippen LogP contribution in [0, 0.1) is 23.5 Å². The molecule has 1 fully saturated rings. The van der Waals surface area contributed by atoms with Crippen molar-refractivity contribution in [3.05, 3.63) is 71.3 Å². The van der Waals surface area contributed by atoms with Gasteiger partial charge < -0.3 is 10.2 Å². The molecule has 0 bridgehead atoms. The summed E-state index contributed by atoms with van der Waals surface area (Å²) in [5, 5.41) is 2.94. The van der Waals surface area contributed by atoms with Crippen molar-refractivity contribution in [3.8, 4) is 0 Å². The molecule has 1 aliphatic rings. The monoisotopic (exact) mass is 400 g/mol. The van der Waals surface area contributed by atoms with Gasteiger partial charge in [-0.25, -0.2) is 8.78 Å². The molecular weight excluding hydrogens is 374 g/mol. The van der Waals surface area contributed by atoms with Crippen molar-refractivity contribution in [1.82, 2.24) is 10.2 Å². The van der Waals surface area contributed by atoms with Crippen LogP contribution in [-0.4, -0.2) is 36.3 Å². The molecule has 2 aromatic rings. The first-order valence-electron chi connectivity index (χ1n) is 9.93. The molecule has 2 amide bonds. The number of halogens is 2. The maximum atomic E-state index is 14.1. The number of amides is 2.